The number of imidazole rings is 1. The Balaban J connectivity index is 2.30. The van der Waals surface area contributed by atoms with Crippen molar-refractivity contribution in [2.75, 3.05) is 6.54 Å². The van der Waals surface area contributed by atoms with Crippen LogP contribution < -0.4 is 0 Å². The number of nitrogens with zero attached hydrogens (tertiary/aromatic N) is 3. The van der Waals surface area contributed by atoms with Gasteiger partial charge in [-0.25, -0.2) is 4.98 Å². The highest BCUT2D eigenvalue weighted by molar-refractivity contribution is 9.10. The molecule has 1 heterocycles. The molecule has 0 radical (unpaired) electrons. The first-order valence-electron chi connectivity index (χ1n) is 7.40. The maximum atomic E-state index is 6.08. The van der Waals surface area contributed by atoms with E-state index >= 15 is 0 Å². The van der Waals surface area contributed by atoms with Crippen LogP contribution in [0, 0.1) is 0 Å². The van der Waals surface area contributed by atoms with Gasteiger partial charge in [-0.05, 0) is 45.9 Å². The fourth-order valence-corrected chi connectivity index (χ4v) is 3.38. The minimum Gasteiger partial charge on any atom is -0.326 e. The van der Waals surface area contributed by atoms with Crippen molar-refractivity contribution in [3.63, 3.8) is 0 Å². The van der Waals surface area contributed by atoms with Gasteiger partial charge in [0.25, 0.3) is 0 Å². The Hall–Kier alpha value is -0.580. The molecule has 0 amide bonds. The first-order chi connectivity index (χ1) is 9.93. The van der Waals surface area contributed by atoms with Crippen molar-refractivity contribution in [1.29, 1.82) is 0 Å². The van der Waals surface area contributed by atoms with E-state index in [1.807, 2.05) is 12.1 Å². The largest absolute Gasteiger partial charge is 0.326 e. The van der Waals surface area contributed by atoms with Crippen molar-refractivity contribution in [1.82, 2.24) is 14.5 Å². The average molecular weight is 373 g/mol. The Morgan fingerprint density at radius 2 is 1.90 bits per heavy atom. The maximum Gasteiger partial charge on any atom is 0.124 e. The zero-order chi connectivity index (χ0) is 15.6. The number of aromatic nitrogens is 2. The van der Waals surface area contributed by atoms with Gasteiger partial charge < -0.3 is 4.57 Å². The molecule has 5 heteroatoms. The molecular weight excluding hydrogens is 350 g/mol. The van der Waals surface area contributed by atoms with Crippen molar-refractivity contribution in [2.45, 2.75) is 52.2 Å². The summed E-state index contributed by atoms with van der Waals surface area (Å²) in [6, 6.07) is 7.24. The molecule has 0 atom stereocenters. The zero-order valence-electron chi connectivity index (χ0n) is 13.1. The van der Waals surface area contributed by atoms with Crippen molar-refractivity contribution < 1.29 is 0 Å². The Morgan fingerprint density at radius 1 is 1.24 bits per heavy atom. The van der Waals surface area contributed by atoms with E-state index in [-0.39, 0.29) is 0 Å². The average Bonchev–Trinajstić information content (AvgIpc) is 2.75. The topological polar surface area (TPSA) is 21.1 Å². The predicted molar refractivity (Wildman–Crippen MR) is 94.0 cm³/mol. The molecule has 116 valence electrons. The lowest BCUT2D eigenvalue weighted by molar-refractivity contribution is 0.168. The van der Waals surface area contributed by atoms with Crippen LogP contribution in [0.15, 0.2) is 22.7 Å². The van der Waals surface area contributed by atoms with Crippen LogP contribution in [0.1, 0.15) is 33.5 Å². The fraction of sp³-hybridized carbons (Fsp3) is 0.562. The van der Waals surface area contributed by atoms with E-state index in [0.717, 1.165) is 34.4 Å². The molecule has 0 fully saturated rings. The van der Waals surface area contributed by atoms with Crippen molar-refractivity contribution in [3.05, 3.63) is 28.5 Å². The minimum atomic E-state index is 0.440. The Bertz CT molecular complexity index is 599. The van der Waals surface area contributed by atoms with Crippen LogP contribution in [0.25, 0.3) is 11.0 Å². The summed E-state index contributed by atoms with van der Waals surface area (Å²) in [6.07, 6.45) is 0. The highest BCUT2D eigenvalue weighted by atomic mass is 79.9. The van der Waals surface area contributed by atoms with Gasteiger partial charge in [0.1, 0.15) is 5.82 Å². The molecule has 0 N–H and O–H groups in total. The molecule has 1 aromatic carbocycles. The molecule has 21 heavy (non-hydrogen) atoms. The summed E-state index contributed by atoms with van der Waals surface area (Å²) in [7, 11) is 0. The van der Waals surface area contributed by atoms with Crippen LogP contribution in [0.2, 0.25) is 0 Å². The number of hydrogen-bond acceptors (Lipinski definition) is 2. The molecule has 0 aliphatic rings. The minimum absolute atomic E-state index is 0.440. The highest BCUT2D eigenvalue weighted by Crippen LogP contribution is 2.22. The van der Waals surface area contributed by atoms with Gasteiger partial charge in [-0.2, -0.15) is 0 Å². The van der Waals surface area contributed by atoms with Crippen LogP contribution >= 0.6 is 27.5 Å². The summed E-state index contributed by atoms with van der Waals surface area (Å²) in [5.41, 5.74) is 2.15. The summed E-state index contributed by atoms with van der Waals surface area (Å²) >= 11 is 9.61. The molecule has 0 bridgehead atoms. The highest BCUT2D eigenvalue weighted by Gasteiger charge is 2.15. The summed E-state index contributed by atoms with van der Waals surface area (Å²) in [5, 5.41) is 0. The second kappa shape index (κ2) is 7.12. The van der Waals surface area contributed by atoms with Crippen LogP contribution in [-0.4, -0.2) is 33.1 Å². The third kappa shape index (κ3) is 3.79. The van der Waals surface area contributed by atoms with Gasteiger partial charge in [0, 0.05) is 29.6 Å². The molecule has 0 unspecified atom stereocenters. The van der Waals surface area contributed by atoms with Crippen molar-refractivity contribution in [2.24, 2.45) is 0 Å². The SMILES string of the molecule is CC(C)N(CCn1c(CCl)nc2ccc(Br)cc21)C(C)C. The smallest absolute Gasteiger partial charge is 0.124 e. The van der Waals surface area contributed by atoms with E-state index in [9.17, 15) is 0 Å². The molecule has 0 saturated heterocycles. The quantitative estimate of drug-likeness (QED) is 0.688. The lowest BCUT2D eigenvalue weighted by Gasteiger charge is -2.30. The van der Waals surface area contributed by atoms with Gasteiger partial charge in [0.05, 0.1) is 16.9 Å². The van der Waals surface area contributed by atoms with Crippen molar-refractivity contribution in [3.8, 4) is 0 Å². The third-order valence-corrected chi connectivity index (χ3v) is 4.55. The molecule has 2 aromatic rings. The van der Waals surface area contributed by atoms with E-state index in [1.54, 1.807) is 0 Å². The summed E-state index contributed by atoms with van der Waals surface area (Å²) < 4.78 is 3.31. The normalized spacial score (nSPS) is 12.2. The molecule has 2 rings (SSSR count). The molecule has 0 spiro atoms. The number of hydrogen-bond donors (Lipinski definition) is 0. The van der Waals surface area contributed by atoms with E-state index in [2.05, 4.69) is 64.1 Å². The second-order valence-corrected chi connectivity index (χ2v) is 7.05. The summed E-state index contributed by atoms with van der Waals surface area (Å²) in [4.78, 5) is 7.12. The van der Waals surface area contributed by atoms with Gasteiger partial charge >= 0.3 is 0 Å². The summed E-state index contributed by atoms with van der Waals surface area (Å²) in [6.45, 7) is 10.9. The number of benzene rings is 1. The third-order valence-electron chi connectivity index (χ3n) is 3.82. The van der Waals surface area contributed by atoms with Crippen LogP contribution in [-0.2, 0) is 12.4 Å². The van der Waals surface area contributed by atoms with Crippen molar-refractivity contribution >= 4 is 38.6 Å². The van der Waals surface area contributed by atoms with Gasteiger partial charge in [-0.3, -0.25) is 4.90 Å². The van der Waals surface area contributed by atoms with Crippen LogP contribution in [0.3, 0.4) is 0 Å². The Kier molecular flexibility index (Phi) is 5.69. The van der Waals surface area contributed by atoms with E-state index in [1.165, 1.54) is 0 Å². The first-order valence-corrected chi connectivity index (χ1v) is 8.73. The van der Waals surface area contributed by atoms with E-state index in [0.29, 0.717) is 18.0 Å². The van der Waals surface area contributed by atoms with Crippen LogP contribution in [0.5, 0.6) is 0 Å². The molecule has 0 aliphatic heterocycles. The standard InChI is InChI=1S/C16H23BrClN3/c1-11(2)20(12(3)4)7-8-21-15-9-13(17)5-6-14(15)19-16(21)10-18/h5-6,9,11-12H,7-8,10H2,1-4H3. The molecular formula is C16H23BrClN3. The van der Waals surface area contributed by atoms with Gasteiger partial charge in [0.2, 0.25) is 0 Å². The maximum absolute atomic E-state index is 6.08. The molecule has 0 saturated carbocycles. The molecule has 1 aromatic heterocycles. The van der Waals surface area contributed by atoms with Crippen LogP contribution in [0.4, 0.5) is 0 Å². The lowest BCUT2D eigenvalue weighted by atomic mass is 10.2. The summed E-state index contributed by atoms with van der Waals surface area (Å²) in [5.74, 6) is 1.38. The zero-order valence-corrected chi connectivity index (χ0v) is 15.4. The van der Waals surface area contributed by atoms with E-state index < -0.39 is 0 Å². The number of alkyl halides is 1. The number of rotatable bonds is 6. The number of fused-ring (bicyclic) bond motifs is 1. The predicted octanol–water partition coefficient (Wildman–Crippen LogP) is 4.66. The van der Waals surface area contributed by atoms with E-state index in [4.69, 9.17) is 11.6 Å². The number of halogens is 2. The van der Waals surface area contributed by atoms with Gasteiger partial charge in [0.15, 0.2) is 0 Å². The second-order valence-electron chi connectivity index (χ2n) is 5.87. The lowest BCUT2D eigenvalue weighted by Crippen LogP contribution is -2.39. The fourth-order valence-electron chi connectivity index (χ4n) is 2.83. The Morgan fingerprint density at radius 3 is 2.48 bits per heavy atom. The Labute approximate surface area is 140 Å². The monoisotopic (exact) mass is 371 g/mol. The molecule has 3 nitrogen and oxygen atoms in total. The molecule has 0 aliphatic carbocycles. The van der Waals surface area contributed by atoms with Gasteiger partial charge in [-0.1, -0.05) is 15.9 Å². The van der Waals surface area contributed by atoms with Gasteiger partial charge in [-0.15, -0.1) is 11.6 Å². The first kappa shape index (κ1) is 16.8.